The number of aliphatic hydroxyl groups excluding tert-OH is 1. The number of halogens is 1. The number of rotatable bonds is 19. The van der Waals surface area contributed by atoms with E-state index in [0.29, 0.717) is 12.4 Å². The van der Waals surface area contributed by atoms with Gasteiger partial charge in [0.25, 0.3) is 5.91 Å². The zero-order chi connectivity index (χ0) is 34.9. The van der Waals surface area contributed by atoms with Crippen LogP contribution < -0.4 is 21.1 Å². The van der Waals surface area contributed by atoms with Crippen LogP contribution in [0.15, 0.2) is 23.7 Å². The summed E-state index contributed by atoms with van der Waals surface area (Å²) >= 11 is 1.57. The fraction of sp³-hybridized carbons (Fsp3) is 0.676. The number of benzene rings is 1. The maximum atomic E-state index is 14.5. The van der Waals surface area contributed by atoms with Gasteiger partial charge >= 0.3 is 0 Å². The number of nitrogens with one attached hydrogen (secondary N) is 2. The van der Waals surface area contributed by atoms with Crippen molar-refractivity contribution in [2.24, 2.45) is 23.0 Å². The van der Waals surface area contributed by atoms with Gasteiger partial charge < -0.3 is 26.2 Å². The molecule has 2 fully saturated rings. The normalized spacial score (nSPS) is 20.7. The number of ether oxygens (including phenoxy) is 1. The van der Waals surface area contributed by atoms with Crippen molar-refractivity contribution < 1.29 is 28.6 Å². The number of nitrogens with zero attached hydrogens (tertiary/aromatic N) is 1. The summed E-state index contributed by atoms with van der Waals surface area (Å²) in [7, 11) is 0. The van der Waals surface area contributed by atoms with Crippen LogP contribution in [0.4, 0.5) is 4.39 Å². The molecule has 2 saturated carbocycles. The third-order valence-electron chi connectivity index (χ3n) is 9.65. The molecule has 1 heterocycles. The fourth-order valence-electron chi connectivity index (χ4n) is 6.50. The Kier molecular flexibility index (Phi) is 13.6. The molecule has 2 aliphatic carbocycles. The van der Waals surface area contributed by atoms with E-state index in [1.807, 2.05) is 30.6 Å². The zero-order valence-corrected chi connectivity index (χ0v) is 29.9. The average molecular weight is 687 g/mol. The molecule has 9 nitrogen and oxygen atoms in total. The largest absolute Gasteiger partial charge is 0.493 e. The Morgan fingerprint density at radius 3 is 2.31 bits per heavy atom. The first kappa shape index (κ1) is 37.9. The number of amides is 2. The zero-order valence-electron chi connectivity index (χ0n) is 29.1. The molecule has 5 N–H and O–H groups in total. The number of carbonyl (C=O) groups excluding carboxylic acids is 3. The van der Waals surface area contributed by atoms with E-state index < -0.39 is 41.0 Å². The number of aliphatic hydroxyl groups is 1. The highest BCUT2D eigenvalue weighted by atomic mass is 32.1. The lowest BCUT2D eigenvalue weighted by Crippen LogP contribution is -2.54. The van der Waals surface area contributed by atoms with Crippen molar-refractivity contribution in [1.82, 2.24) is 15.6 Å². The van der Waals surface area contributed by atoms with Gasteiger partial charge in [0.15, 0.2) is 11.5 Å². The molecule has 2 aliphatic rings. The first-order valence-corrected chi connectivity index (χ1v) is 18.6. The van der Waals surface area contributed by atoms with E-state index >= 15 is 0 Å². The SMILES string of the molecule is Cc1ncsc1-c1ccc(CNC(=O)[C@H]2C[C@H](O)CC2C(=O)[C@H](NC(=O)C2(F)CC2)C(C)(C)C)c(OCCCCCCCCCCN)c1. The van der Waals surface area contributed by atoms with Crippen molar-refractivity contribution in [1.29, 1.82) is 0 Å². The second kappa shape index (κ2) is 17.2. The maximum absolute atomic E-state index is 14.5. The van der Waals surface area contributed by atoms with Gasteiger partial charge in [-0.1, -0.05) is 71.4 Å². The highest BCUT2D eigenvalue weighted by molar-refractivity contribution is 7.13. The van der Waals surface area contributed by atoms with Crippen molar-refractivity contribution in [3.8, 4) is 16.2 Å². The minimum Gasteiger partial charge on any atom is -0.493 e. The van der Waals surface area contributed by atoms with E-state index in [0.717, 1.165) is 53.9 Å². The third kappa shape index (κ3) is 10.3. The number of hydrogen-bond donors (Lipinski definition) is 4. The summed E-state index contributed by atoms with van der Waals surface area (Å²) in [5.41, 5.74) is 7.52. The van der Waals surface area contributed by atoms with Crippen molar-refractivity contribution >= 4 is 28.9 Å². The quantitative estimate of drug-likeness (QED) is 0.129. The van der Waals surface area contributed by atoms with E-state index in [2.05, 4.69) is 15.6 Å². The van der Waals surface area contributed by atoms with E-state index in [9.17, 15) is 23.9 Å². The molecule has 0 aliphatic heterocycles. The first-order valence-electron chi connectivity index (χ1n) is 17.7. The number of unbranched alkanes of at least 4 members (excludes halogenated alkanes) is 7. The highest BCUT2D eigenvalue weighted by Gasteiger charge is 2.53. The Labute approximate surface area is 289 Å². The molecule has 1 aromatic carbocycles. The third-order valence-corrected chi connectivity index (χ3v) is 10.6. The second-order valence-corrected chi connectivity index (χ2v) is 15.6. The molecule has 0 saturated heterocycles. The smallest absolute Gasteiger partial charge is 0.258 e. The molecular weight excluding hydrogens is 631 g/mol. The van der Waals surface area contributed by atoms with E-state index in [1.165, 1.54) is 25.7 Å². The van der Waals surface area contributed by atoms with E-state index in [1.54, 1.807) is 32.1 Å². The molecule has 48 heavy (non-hydrogen) atoms. The predicted octanol–water partition coefficient (Wildman–Crippen LogP) is 6.18. The minimum absolute atomic E-state index is 0.116. The number of aromatic nitrogens is 1. The van der Waals surface area contributed by atoms with E-state index in [4.69, 9.17) is 10.5 Å². The lowest BCUT2D eigenvalue weighted by Gasteiger charge is -2.33. The minimum atomic E-state index is -1.92. The molecule has 11 heteroatoms. The van der Waals surface area contributed by atoms with Crippen LogP contribution in [0.5, 0.6) is 5.75 Å². The standard InChI is InChI=1S/C37H55FN4O5S/c1-24-32(48-23-41-24)25-13-14-26(30(19-25)47-18-12-10-8-6-5-7-9-11-17-39)22-40-34(45)29-21-27(43)20-28(29)31(44)33(36(2,3)4)42-35(46)37(38)15-16-37/h13-14,19,23,27-29,33,43H,5-12,15-18,20-22,39H2,1-4H3,(H,40,45)(H,42,46)/t27-,28?,29+,33+/m1/s1. The van der Waals surface area contributed by atoms with Crippen LogP contribution in [0.2, 0.25) is 0 Å². The van der Waals surface area contributed by atoms with Crippen molar-refractivity contribution in [2.75, 3.05) is 13.2 Å². The van der Waals surface area contributed by atoms with Gasteiger partial charge in [-0.25, -0.2) is 9.37 Å². The number of carbonyl (C=O) groups is 3. The van der Waals surface area contributed by atoms with Crippen LogP contribution in [0.3, 0.4) is 0 Å². The lowest BCUT2D eigenvalue weighted by atomic mass is 9.77. The number of hydrogen-bond acceptors (Lipinski definition) is 8. The number of thiazole rings is 1. The van der Waals surface area contributed by atoms with Gasteiger partial charge in [-0.3, -0.25) is 14.4 Å². The topological polar surface area (TPSA) is 144 Å². The van der Waals surface area contributed by atoms with Crippen LogP contribution in [0, 0.1) is 24.2 Å². The molecule has 2 amide bonds. The predicted molar refractivity (Wildman–Crippen MR) is 187 cm³/mol. The second-order valence-electron chi connectivity index (χ2n) is 14.8. The fourth-order valence-corrected chi connectivity index (χ4v) is 7.30. The monoisotopic (exact) mass is 686 g/mol. The van der Waals surface area contributed by atoms with Gasteiger partial charge in [-0.05, 0) is 69.0 Å². The molecule has 0 spiro atoms. The van der Waals surface area contributed by atoms with Crippen LogP contribution in [-0.4, -0.2) is 58.7 Å². The summed E-state index contributed by atoms with van der Waals surface area (Å²) in [4.78, 5) is 45.5. The number of ketones is 1. The molecule has 4 rings (SSSR count). The number of alkyl halides is 1. The molecule has 266 valence electrons. The Bertz CT molecular complexity index is 1390. The highest BCUT2D eigenvalue weighted by Crippen LogP contribution is 2.41. The van der Waals surface area contributed by atoms with Crippen LogP contribution >= 0.6 is 11.3 Å². The molecule has 0 bridgehead atoms. The first-order chi connectivity index (χ1) is 22.8. The Balaban J connectivity index is 1.39. The number of aryl methyl sites for hydroxylation is 1. The summed E-state index contributed by atoms with van der Waals surface area (Å²) in [5.74, 6) is -2.34. The molecule has 0 radical (unpaired) electrons. The van der Waals surface area contributed by atoms with Gasteiger partial charge in [0.2, 0.25) is 5.91 Å². The number of nitrogens with two attached hydrogens (primary N) is 1. The van der Waals surface area contributed by atoms with Gasteiger partial charge in [0, 0.05) is 18.0 Å². The van der Waals surface area contributed by atoms with Crippen LogP contribution in [-0.2, 0) is 20.9 Å². The molecule has 1 unspecified atom stereocenters. The van der Waals surface area contributed by atoms with E-state index in [-0.39, 0.29) is 43.9 Å². The van der Waals surface area contributed by atoms with Gasteiger partial charge in [0.1, 0.15) is 5.75 Å². The maximum Gasteiger partial charge on any atom is 0.258 e. The Morgan fingerprint density at radius 2 is 1.71 bits per heavy atom. The molecular formula is C37H55FN4O5S. The summed E-state index contributed by atoms with van der Waals surface area (Å²) in [6.45, 7) is 8.90. The Morgan fingerprint density at radius 1 is 1.06 bits per heavy atom. The van der Waals surface area contributed by atoms with Gasteiger partial charge in [0.05, 0.1) is 40.8 Å². The summed E-state index contributed by atoms with van der Waals surface area (Å²) in [6.07, 6.45) is 8.85. The summed E-state index contributed by atoms with van der Waals surface area (Å²) < 4.78 is 20.8. The number of Topliss-reactive ketones (excluding diaryl/α,β-unsaturated/α-hetero) is 1. The lowest BCUT2D eigenvalue weighted by molar-refractivity contribution is -0.138. The van der Waals surface area contributed by atoms with Gasteiger partial charge in [-0.15, -0.1) is 11.3 Å². The summed E-state index contributed by atoms with van der Waals surface area (Å²) in [6, 6.07) is 4.97. The Hall–Kier alpha value is -2.89. The van der Waals surface area contributed by atoms with Crippen molar-refractivity contribution in [3.63, 3.8) is 0 Å². The molecule has 4 atom stereocenters. The van der Waals surface area contributed by atoms with Gasteiger partial charge in [-0.2, -0.15) is 0 Å². The average Bonchev–Trinajstić information content (AvgIpc) is 3.45. The van der Waals surface area contributed by atoms with Crippen LogP contribution in [0.25, 0.3) is 10.4 Å². The van der Waals surface area contributed by atoms with Crippen LogP contribution in [0.1, 0.15) is 109 Å². The van der Waals surface area contributed by atoms with Crippen molar-refractivity contribution in [3.05, 3.63) is 35.0 Å². The molecule has 1 aromatic heterocycles. The summed E-state index contributed by atoms with van der Waals surface area (Å²) in [5, 5.41) is 16.2. The van der Waals surface area contributed by atoms with Crippen molar-refractivity contribution in [2.45, 2.75) is 129 Å². The molecule has 2 aromatic rings.